The number of halogens is 1. The molecule has 2 aliphatic rings. The number of hydrogen-bond acceptors (Lipinski definition) is 2. The van der Waals surface area contributed by atoms with Gasteiger partial charge in [0.1, 0.15) is 0 Å². The lowest BCUT2D eigenvalue weighted by Crippen LogP contribution is -2.38. The highest BCUT2D eigenvalue weighted by molar-refractivity contribution is 9.10. The Morgan fingerprint density at radius 2 is 2.16 bits per heavy atom. The van der Waals surface area contributed by atoms with Crippen LogP contribution in [0.1, 0.15) is 41.6 Å². The summed E-state index contributed by atoms with van der Waals surface area (Å²) >= 11 is 3.40. The van der Waals surface area contributed by atoms with Gasteiger partial charge in [-0.15, -0.1) is 0 Å². The SMILES string of the molecule is Cc1c(N)cc(Br)cc1C(=O)NC1CC2CCC1C2. The van der Waals surface area contributed by atoms with E-state index in [1.165, 1.54) is 19.3 Å². The smallest absolute Gasteiger partial charge is 0.251 e. The molecule has 19 heavy (non-hydrogen) atoms. The largest absolute Gasteiger partial charge is 0.398 e. The molecule has 2 aliphatic carbocycles. The molecule has 1 amide bonds. The Kier molecular flexibility index (Phi) is 3.29. The third-order valence-electron chi connectivity index (χ3n) is 4.71. The number of anilines is 1. The number of hydrogen-bond donors (Lipinski definition) is 2. The van der Waals surface area contributed by atoms with E-state index in [1.807, 2.05) is 19.1 Å². The lowest BCUT2D eigenvalue weighted by atomic mass is 9.95. The third-order valence-corrected chi connectivity index (χ3v) is 5.17. The molecule has 0 aromatic heterocycles. The first-order chi connectivity index (χ1) is 9.04. The molecular weight excluding hydrogens is 304 g/mol. The molecule has 1 aromatic rings. The van der Waals surface area contributed by atoms with Crippen LogP contribution in [-0.2, 0) is 0 Å². The van der Waals surface area contributed by atoms with Crippen molar-refractivity contribution in [2.75, 3.05) is 5.73 Å². The minimum atomic E-state index is 0.0167. The van der Waals surface area contributed by atoms with Gasteiger partial charge in [0.2, 0.25) is 0 Å². The van der Waals surface area contributed by atoms with Gasteiger partial charge >= 0.3 is 0 Å². The van der Waals surface area contributed by atoms with Crippen LogP contribution in [0.15, 0.2) is 16.6 Å². The van der Waals surface area contributed by atoms with Gasteiger partial charge < -0.3 is 11.1 Å². The van der Waals surface area contributed by atoms with Gasteiger partial charge in [-0.2, -0.15) is 0 Å². The van der Waals surface area contributed by atoms with Crippen molar-refractivity contribution >= 4 is 27.5 Å². The molecule has 3 rings (SSSR count). The maximum atomic E-state index is 12.4. The maximum absolute atomic E-state index is 12.4. The van der Waals surface area contributed by atoms with Gasteiger partial charge in [-0.25, -0.2) is 0 Å². The molecule has 0 radical (unpaired) electrons. The van der Waals surface area contributed by atoms with Crippen molar-refractivity contribution in [1.29, 1.82) is 0 Å². The van der Waals surface area contributed by atoms with Crippen LogP contribution in [0, 0.1) is 18.8 Å². The molecular formula is C15H19BrN2O. The standard InChI is InChI=1S/C15H19BrN2O/c1-8-12(6-11(16)7-13(8)17)15(19)18-14-5-9-2-3-10(14)4-9/h6-7,9-10,14H,2-5,17H2,1H3,(H,18,19). The molecule has 0 saturated heterocycles. The predicted octanol–water partition coefficient (Wildman–Crippen LogP) is 3.26. The van der Waals surface area contributed by atoms with Gasteiger partial charge in [0.15, 0.2) is 0 Å². The number of benzene rings is 1. The van der Waals surface area contributed by atoms with Crippen molar-refractivity contribution in [2.45, 2.75) is 38.6 Å². The highest BCUT2D eigenvalue weighted by atomic mass is 79.9. The van der Waals surface area contributed by atoms with Crippen molar-refractivity contribution < 1.29 is 4.79 Å². The van der Waals surface area contributed by atoms with Crippen molar-refractivity contribution in [3.8, 4) is 0 Å². The number of nitrogen functional groups attached to an aromatic ring is 1. The minimum Gasteiger partial charge on any atom is -0.398 e. The molecule has 2 fully saturated rings. The molecule has 102 valence electrons. The van der Waals surface area contributed by atoms with Crippen LogP contribution in [-0.4, -0.2) is 11.9 Å². The normalized spacial score (nSPS) is 28.6. The summed E-state index contributed by atoms with van der Waals surface area (Å²) in [5.41, 5.74) is 8.13. The second kappa shape index (κ2) is 4.82. The van der Waals surface area contributed by atoms with Crippen LogP contribution >= 0.6 is 15.9 Å². The molecule has 0 spiro atoms. The van der Waals surface area contributed by atoms with E-state index in [0.717, 1.165) is 22.4 Å². The number of nitrogens with two attached hydrogens (primary N) is 1. The van der Waals surface area contributed by atoms with Crippen molar-refractivity contribution in [1.82, 2.24) is 5.32 Å². The summed E-state index contributed by atoms with van der Waals surface area (Å²) in [6.07, 6.45) is 5.07. The van der Waals surface area contributed by atoms with E-state index in [1.54, 1.807) is 0 Å². The fraction of sp³-hybridized carbons (Fsp3) is 0.533. The summed E-state index contributed by atoms with van der Waals surface area (Å²) in [7, 11) is 0. The second-order valence-electron chi connectivity index (χ2n) is 5.92. The van der Waals surface area contributed by atoms with Crippen LogP contribution in [0.5, 0.6) is 0 Å². The molecule has 1 aromatic carbocycles. The van der Waals surface area contributed by atoms with Crippen LogP contribution < -0.4 is 11.1 Å². The van der Waals surface area contributed by atoms with Crippen LogP contribution in [0.25, 0.3) is 0 Å². The van der Waals surface area contributed by atoms with Crippen LogP contribution in [0.4, 0.5) is 5.69 Å². The Balaban J connectivity index is 1.77. The summed E-state index contributed by atoms with van der Waals surface area (Å²) in [5.74, 6) is 1.55. The van der Waals surface area contributed by atoms with Crippen LogP contribution in [0.3, 0.4) is 0 Å². The molecule has 0 aliphatic heterocycles. The van der Waals surface area contributed by atoms with Crippen molar-refractivity contribution in [3.05, 3.63) is 27.7 Å². The first-order valence-electron chi connectivity index (χ1n) is 6.91. The Bertz CT molecular complexity index is 529. The van der Waals surface area contributed by atoms with Gasteiger partial charge in [-0.3, -0.25) is 4.79 Å². The molecule has 3 atom stereocenters. The van der Waals surface area contributed by atoms with Crippen LogP contribution in [0.2, 0.25) is 0 Å². The quantitative estimate of drug-likeness (QED) is 0.821. The topological polar surface area (TPSA) is 55.1 Å². The summed E-state index contributed by atoms with van der Waals surface area (Å²) in [6.45, 7) is 1.90. The minimum absolute atomic E-state index is 0.0167. The van der Waals surface area contributed by atoms with Crippen molar-refractivity contribution in [2.24, 2.45) is 11.8 Å². The number of carbonyl (C=O) groups is 1. The van der Waals surface area contributed by atoms with E-state index < -0.39 is 0 Å². The maximum Gasteiger partial charge on any atom is 0.251 e. The number of carbonyl (C=O) groups excluding carboxylic acids is 1. The lowest BCUT2D eigenvalue weighted by molar-refractivity contribution is 0.0922. The summed E-state index contributed by atoms with van der Waals surface area (Å²) < 4.78 is 0.855. The zero-order valence-corrected chi connectivity index (χ0v) is 12.7. The predicted molar refractivity (Wildman–Crippen MR) is 80.0 cm³/mol. The van der Waals surface area contributed by atoms with E-state index in [0.29, 0.717) is 23.2 Å². The lowest BCUT2D eigenvalue weighted by Gasteiger charge is -2.23. The monoisotopic (exact) mass is 322 g/mol. The third kappa shape index (κ3) is 2.38. The average Bonchev–Trinajstić information content (AvgIpc) is 2.95. The van der Waals surface area contributed by atoms with Gasteiger partial charge in [0, 0.05) is 21.8 Å². The van der Waals surface area contributed by atoms with E-state index in [4.69, 9.17) is 5.73 Å². The molecule has 3 N–H and O–H groups in total. The molecule has 0 heterocycles. The van der Waals surface area contributed by atoms with Gasteiger partial charge in [0.25, 0.3) is 5.91 Å². The summed E-state index contributed by atoms with van der Waals surface area (Å²) in [6, 6.07) is 4.06. The first kappa shape index (κ1) is 13.0. The fourth-order valence-corrected chi connectivity index (χ4v) is 4.08. The first-order valence-corrected chi connectivity index (χ1v) is 7.70. The molecule has 3 nitrogen and oxygen atoms in total. The van der Waals surface area contributed by atoms with Crippen molar-refractivity contribution in [3.63, 3.8) is 0 Å². The van der Waals surface area contributed by atoms with E-state index in [9.17, 15) is 4.79 Å². The van der Waals surface area contributed by atoms with Gasteiger partial charge in [-0.05, 0) is 55.7 Å². The number of amides is 1. The molecule has 2 saturated carbocycles. The summed E-state index contributed by atoms with van der Waals surface area (Å²) in [4.78, 5) is 12.4. The molecule has 3 unspecified atom stereocenters. The van der Waals surface area contributed by atoms with E-state index >= 15 is 0 Å². The Morgan fingerprint density at radius 3 is 2.79 bits per heavy atom. The number of rotatable bonds is 2. The Morgan fingerprint density at radius 1 is 1.37 bits per heavy atom. The number of fused-ring (bicyclic) bond motifs is 2. The highest BCUT2D eigenvalue weighted by Gasteiger charge is 2.40. The second-order valence-corrected chi connectivity index (χ2v) is 6.84. The average molecular weight is 323 g/mol. The zero-order valence-electron chi connectivity index (χ0n) is 11.1. The van der Waals surface area contributed by atoms with Gasteiger partial charge in [0.05, 0.1) is 0 Å². The van der Waals surface area contributed by atoms with E-state index in [-0.39, 0.29) is 5.91 Å². The Labute approximate surface area is 122 Å². The zero-order chi connectivity index (χ0) is 13.6. The molecule has 4 heteroatoms. The highest BCUT2D eigenvalue weighted by Crippen LogP contribution is 2.44. The van der Waals surface area contributed by atoms with Gasteiger partial charge in [-0.1, -0.05) is 22.4 Å². The molecule has 2 bridgehead atoms. The number of nitrogens with one attached hydrogen (secondary N) is 1. The summed E-state index contributed by atoms with van der Waals surface area (Å²) in [5, 5.41) is 3.21. The fourth-order valence-electron chi connectivity index (χ4n) is 3.60. The van der Waals surface area contributed by atoms with E-state index in [2.05, 4.69) is 21.2 Å². The Hall–Kier alpha value is -1.03.